The lowest BCUT2D eigenvalue weighted by molar-refractivity contribution is 0.117. The molecule has 4 rings (SSSR count). The van der Waals surface area contributed by atoms with Gasteiger partial charge in [-0.1, -0.05) is 6.07 Å². The highest BCUT2D eigenvalue weighted by Gasteiger charge is 2.21. The van der Waals surface area contributed by atoms with Crippen molar-refractivity contribution in [3.8, 4) is 28.7 Å². The van der Waals surface area contributed by atoms with E-state index in [1.165, 1.54) is 0 Å². The van der Waals surface area contributed by atoms with E-state index in [1.54, 1.807) is 6.92 Å². The molecule has 0 aromatic heterocycles. The molecule has 0 amide bonds. The highest BCUT2D eigenvalue weighted by atomic mass is 16.7. The summed E-state index contributed by atoms with van der Waals surface area (Å²) < 4.78 is 27.7. The highest BCUT2D eigenvalue weighted by molar-refractivity contribution is 5.52. The smallest absolute Gasteiger partial charge is 0.231 e. The number of fused-ring (bicyclic) bond motifs is 2. The Bertz CT molecular complexity index is 838. The molecule has 7 nitrogen and oxygen atoms in total. The van der Waals surface area contributed by atoms with Gasteiger partial charge in [-0.2, -0.15) is 0 Å². The molecule has 150 valence electrons. The minimum atomic E-state index is -0.460. The first-order valence-electron chi connectivity index (χ1n) is 9.46. The first-order valence-corrected chi connectivity index (χ1v) is 9.46. The number of nitrogens with zero attached hydrogens (tertiary/aromatic N) is 1. The van der Waals surface area contributed by atoms with Gasteiger partial charge in [0, 0.05) is 31.3 Å². The van der Waals surface area contributed by atoms with Crippen LogP contribution in [0.4, 0.5) is 0 Å². The molecule has 0 radical (unpaired) electrons. The maximum Gasteiger partial charge on any atom is 0.231 e. The van der Waals surface area contributed by atoms with Crippen molar-refractivity contribution in [3.63, 3.8) is 0 Å². The van der Waals surface area contributed by atoms with Gasteiger partial charge in [-0.25, -0.2) is 0 Å². The standard InChI is InChI=1S/C21H25NO6/c1-3-24-18-8-21-20(27-13-28-21)7-16(18)11-22(9-14(2)23)10-15-4-5-17-19(6-15)26-12-25-17/h4-8,14,23H,3,9-13H2,1-2H3/t14-/m1/s1. The quantitative estimate of drug-likeness (QED) is 0.747. The molecule has 28 heavy (non-hydrogen) atoms. The first-order chi connectivity index (χ1) is 13.6. The average molecular weight is 387 g/mol. The topological polar surface area (TPSA) is 69.6 Å². The lowest BCUT2D eigenvalue weighted by atomic mass is 10.1. The van der Waals surface area contributed by atoms with Gasteiger partial charge in [0.25, 0.3) is 0 Å². The van der Waals surface area contributed by atoms with Crippen LogP contribution in [0.15, 0.2) is 30.3 Å². The van der Waals surface area contributed by atoms with Crippen LogP contribution in [0, 0.1) is 0 Å². The maximum atomic E-state index is 10.00. The zero-order chi connectivity index (χ0) is 19.5. The molecule has 7 heteroatoms. The number of ether oxygens (including phenoxy) is 5. The van der Waals surface area contributed by atoms with Crippen LogP contribution >= 0.6 is 0 Å². The van der Waals surface area contributed by atoms with Crippen molar-refractivity contribution < 1.29 is 28.8 Å². The fraction of sp³-hybridized carbons (Fsp3) is 0.429. The summed E-state index contributed by atoms with van der Waals surface area (Å²) in [6.07, 6.45) is -0.460. The molecule has 0 saturated carbocycles. The molecule has 0 spiro atoms. The molecule has 0 bridgehead atoms. The normalized spacial score (nSPS) is 15.1. The first kappa shape index (κ1) is 18.7. The summed E-state index contributed by atoms with van der Waals surface area (Å²) in [5.74, 6) is 3.71. The zero-order valence-corrected chi connectivity index (χ0v) is 16.1. The van der Waals surface area contributed by atoms with Gasteiger partial charge in [0.2, 0.25) is 13.6 Å². The Morgan fingerprint density at radius 2 is 1.64 bits per heavy atom. The summed E-state index contributed by atoms with van der Waals surface area (Å²) in [4.78, 5) is 2.17. The second-order valence-corrected chi connectivity index (χ2v) is 6.95. The zero-order valence-electron chi connectivity index (χ0n) is 16.1. The monoisotopic (exact) mass is 387 g/mol. The molecule has 2 aliphatic rings. The minimum Gasteiger partial charge on any atom is -0.493 e. The lowest BCUT2D eigenvalue weighted by Crippen LogP contribution is -2.30. The van der Waals surface area contributed by atoms with Crippen molar-refractivity contribution in [3.05, 3.63) is 41.5 Å². The summed E-state index contributed by atoms with van der Waals surface area (Å²) in [5.41, 5.74) is 2.08. The van der Waals surface area contributed by atoms with Crippen LogP contribution in [0.5, 0.6) is 28.7 Å². The van der Waals surface area contributed by atoms with Gasteiger partial charge in [0.05, 0.1) is 12.7 Å². The van der Waals surface area contributed by atoms with E-state index >= 15 is 0 Å². The molecule has 2 aliphatic heterocycles. The van der Waals surface area contributed by atoms with Gasteiger partial charge >= 0.3 is 0 Å². The number of aliphatic hydroxyl groups excluding tert-OH is 1. The van der Waals surface area contributed by atoms with Gasteiger partial charge in [-0.3, -0.25) is 4.90 Å². The third-order valence-corrected chi connectivity index (χ3v) is 4.62. The second-order valence-electron chi connectivity index (χ2n) is 6.95. The van der Waals surface area contributed by atoms with Crippen LogP contribution < -0.4 is 23.7 Å². The van der Waals surface area contributed by atoms with Gasteiger partial charge in [-0.15, -0.1) is 0 Å². The summed E-state index contributed by atoms with van der Waals surface area (Å²) in [5, 5.41) is 10.00. The molecule has 1 atom stereocenters. The lowest BCUT2D eigenvalue weighted by Gasteiger charge is -2.25. The number of aliphatic hydroxyl groups is 1. The SMILES string of the molecule is CCOc1cc2c(cc1CN(Cc1ccc3c(c1)OCO3)C[C@@H](C)O)OCO2. The second kappa shape index (κ2) is 8.16. The van der Waals surface area contributed by atoms with Crippen LogP contribution in [0.1, 0.15) is 25.0 Å². The Morgan fingerprint density at radius 1 is 0.964 bits per heavy atom. The average Bonchev–Trinajstić information content (AvgIpc) is 3.29. The molecule has 2 heterocycles. The number of rotatable bonds is 8. The van der Waals surface area contributed by atoms with Crippen LogP contribution in [-0.4, -0.2) is 42.8 Å². The Hall–Kier alpha value is -2.64. The minimum absolute atomic E-state index is 0.221. The van der Waals surface area contributed by atoms with E-state index in [4.69, 9.17) is 23.7 Å². The van der Waals surface area contributed by atoms with Crippen molar-refractivity contribution in [2.45, 2.75) is 33.0 Å². The Morgan fingerprint density at radius 3 is 2.36 bits per heavy atom. The van der Waals surface area contributed by atoms with E-state index in [-0.39, 0.29) is 13.6 Å². The summed E-state index contributed by atoms with van der Waals surface area (Å²) >= 11 is 0. The van der Waals surface area contributed by atoms with E-state index in [1.807, 2.05) is 37.3 Å². The van der Waals surface area contributed by atoms with E-state index in [0.29, 0.717) is 32.0 Å². The number of hydrogen-bond donors (Lipinski definition) is 1. The third kappa shape index (κ3) is 4.10. The molecule has 2 aromatic carbocycles. The number of hydrogen-bond acceptors (Lipinski definition) is 7. The highest BCUT2D eigenvalue weighted by Crippen LogP contribution is 2.39. The van der Waals surface area contributed by atoms with E-state index in [9.17, 15) is 5.11 Å². The largest absolute Gasteiger partial charge is 0.493 e. The van der Waals surface area contributed by atoms with E-state index in [2.05, 4.69) is 4.90 Å². The van der Waals surface area contributed by atoms with Gasteiger partial charge in [0.1, 0.15) is 5.75 Å². The predicted molar refractivity (Wildman–Crippen MR) is 102 cm³/mol. The predicted octanol–water partition coefficient (Wildman–Crippen LogP) is 2.93. The Balaban J connectivity index is 1.56. The van der Waals surface area contributed by atoms with E-state index in [0.717, 1.165) is 34.1 Å². The molecule has 1 N–H and O–H groups in total. The van der Waals surface area contributed by atoms with Gasteiger partial charge in [0.15, 0.2) is 23.0 Å². The molecule has 2 aromatic rings. The van der Waals surface area contributed by atoms with Crippen LogP contribution in [0.3, 0.4) is 0 Å². The van der Waals surface area contributed by atoms with Gasteiger partial charge in [-0.05, 0) is 37.6 Å². The van der Waals surface area contributed by atoms with Crippen LogP contribution in [-0.2, 0) is 13.1 Å². The fourth-order valence-corrected chi connectivity index (χ4v) is 3.48. The van der Waals surface area contributed by atoms with Crippen molar-refractivity contribution in [2.24, 2.45) is 0 Å². The summed E-state index contributed by atoms with van der Waals surface area (Å²) in [6, 6.07) is 9.76. The van der Waals surface area contributed by atoms with Crippen molar-refractivity contribution in [2.75, 3.05) is 26.7 Å². The molecular weight excluding hydrogens is 362 g/mol. The van der Waals surface area contributed by atoms with Crippen molar-refractivity contribution in [1.82, 2.24) is 4.90 Å². The number of benzene rings is 2. The van der Waals surface area contributed by atoms with E-state index < -0.39 is 6.10 Å². The Kier molecular flexibility index (Phi) is 5.45. The summed E-state index contributed by atoms with van der Waals surface area (Å²) in [7, 11) is 0. The molecule has 0 aliphatic carbocycles. The van der Waals surface area contributed by atoms with Crippen LogP contribution in [0.25, 0.3) is 0 Å². The fourth-order valence-electron chi connectivity index (χ4n) is 3.48. The van der Waals surface area contributed by atoms with Crippen LogP contribution in [0.2, 0.25) is 0 Å². The maximum absolute atomic E-state index is 10.00. The molecule has 0 fully saturated rings. The van der Waals surface area contributed by atoms with Gasteiger partial charge < -0.3 is 28.8 Å². The Labute approximate surface area is 164 Å². The third-order valence-electron chi connectivity index (χ3n) is 4.62. The molecule has 0 saturated heterocycles. The van der Waals surface area contributed by atoms with Crippen molar-refractivity contribution in [1.29, 1.82) is 0 Å². The molecular formula is C21H25NO6. The van der Waals surface area contributed by atoms with Crippen molar-refractivity contribution >= 4 is 0 Å². The molecule has 0 unspecified atom stereocenters. The summed E-state index contributed by atoms with van der Waals surface area (Å²) in [6.45, 7) is 6.56.